The largest absolute Gasteiger partial charge is 0.375 e. The van der Waals surface area contributed by atoms with E-state index < -0.39 is 0 Å². The van der Waals surface area contributed by atoms with Gasteiger partial charge >= 0.3 is 0 Å². The highest BCUT2D eigenvalue weighted by Gasteiger charge is 2.17. The van der Waals surface area contributed by atoms with Crippen molar-refractivity contribution in [1.82, 2.24) is 19.7 Å². The number of aromatic nitrogens is 3. The SMILES string of the molecule is CC1CN(C(N)=NCc2ccnc(-n3cccn3)c2)CCO1. The summed E-state index contributed by atoms with van der Waals surface area (Å²) in [7, 11) is 0. The van der Waals surface area contributed by atoms with Gasteiger partial charge in [-0.25, -0.2) is 14.7 Å². The van der Waals surface area contributed by atoms with Crippen LogP contribution >= 0.6 is 0 Å². The van der Waals surface area contributed by atoms with Crippen LogP contribution in [0.3, 0.4) is 0 Å². The Kier molecular flexibility index (Phi) is 4.34. The molecule has 0 aromatic carbocycles. The second kappa shape index (κ2) is 6.57. The topological polar surface area (TPSA) is 81.6 Å². The zero-order valence-electron chi connectivity index (χ0n) is 12.6. The number of nitrogens with zero attached hydrogens (tertiary/aromatic N) is 5. The molecule has 7 nitrogen and oxygen atoms in total. The molecule has 22 heavy (non-hydrogen) atoms. The molecule has 7 heteroatoms. The molecule has 0 radical (unpaired) electrons. The van der Waals surface area contributed by atoms with Crippen molar-refractivity contribution in [3.05, 3.63) is 42.4 Å². The van der Waals surface area contributed by atoms with E-state index >= 15 is 0 Å². The summed E-state index contributed by atoms with van der Waals surface area (Å²) in [5.74, 6) is 1.34. The van der Waals surface area contributed by atoms with Crippen molar-refractivity contribution in [2.24, 2.45) is 10.7 Å². The van der Waals surface area contributed by atoms with Crippen LogP contribution in [-0.4, -0.2) is 51.4 Å². The van der Waals surface area contributed by atoms with Crippen molar-refractivity contribution in [2.45, 2.75) is 19.6 Å². The van der Waals surface area contributed by atoms with E-state index in [1.165, 1.54) is 0 Å². The Morgan fingerprint density at radius 1 is 1.50 bits per heavy atom. The summed E-state index contributed by atoms with van der Waals surface area (Å²) < 4.78 is 7.23. The molecule has 2 N–H and O–H groups in total. The first kappa shape index (κ1) is 14.5. The van der Waals surface area contributed by atoms with Gasteiger partial charge in [0.1, 0.15) is 0 Å². The number of hydrogen-bond acceptors (Lipinski definition) is 4. The molecule has 0 saturated carbocycles. The van der Waals surface area contributed by atoms with E-state index in [4.69, 9.17) is 10.5 Å². The third kappa shape index (κ3) is 3.43. The van der Waals surface area contributed by atoms with Crippen molar-refractivity contribution >= 4 is 5.96 Å². The third-order valence-electron chi connectivity index (χ3n) is 3.54. The minimum atomic E-state index is 0.190. The first-order valence-electron chi connectivity index (χ1n) is 7.34. The average molecular weight is 300 g/mol. The lowest BCUT2D eigenvalue weighted by Crippen LogP contribution is -2.47. The highest BCUT2D eigenvalue weighted by molar-refractivity contribution is 5.78. The summed E-state index contributed by atoms with van der Waals surface area (Å²) in [4.78, 5) is 10.8. The lowest BCUT2D eigenvalue weighted by atomic mass is 10.2. The molecule has 1 atom stereocenters. The fourth-order valence-electron chi connectivity index (χ4n) is 2.39. The number of pyridine rings is 1. The molecule has 0 spiro atoms. The van der Waals surface area contributed by atoms with Gasteiger partial charge in [-0.05, 0) is 30.7 Å². The molecule has 3 rings (SSSR count). The fourth-order valence-corrected chi connectivity index (χ4v) is 2.39. The lowest BCUT2D eigenvalue weighted by Gasteiger charge is -2.31. The lowest BCUT2D eigenvalue weighted by molar-refractivity contribution is 0.00529. The van der Waals surface area contributed by atoms with E-state index in [0.29, 0.717) is 19.1 Å². The summed E-state index contributed by atoms with van der Waals surface area (Å²) in [6, 6.07) is 5.77. The van der Waals surface area contributed by atoms with E-state index in [9.17, 15) is 0 Å². The van der Waals surface area contributed by atoms with E-state index in [1.807, 2.05) is 31.3 Å². The standard InChI is InChI=1S/C15H20N6O/c1-12-11-20(7-8-22-12)15(16)18-10-13-3-5-17-14(9-13)21-6-2-4-19-21/h2-6,9,12H,7-8,10-11H2,1H3,(H2,16,18). The van der Waals surface area contributed by atoms with Crippen LogP contribution in [0.2, 0.25) is 0 Å². The van der Waals surface area contributed by atoms with Gasteiger partial charge in [0, 0.05) is 31.7 Å². The predicted octanol–water partition coefficient (Wildman–Crippen LogP) is 0.803. The van der Waals surface area contributed by atoms with Gasteiger partial charge in [0.2, 0.25) is 0 Å². The van der Waals surface area contributed by atoms with E-state index in [1.54, 1.807) is 17.1 Å². The van der Waals surface area contributed by atoms with Crippen LogP contribution in [0.5, 0.6) is 0 Å². The van der Waals surface area contributed by atoms with Gasteiger partial charge < -0.3 is 15.4 Å². The molecular formula is C15H20N6O. The summed E-state index contributed by atoms with van der Waals surface area (Å²) in [6.07, 6.45) is 5.53. The van der Waals surface area contributed by atoms with Crippen LogP contribution in [0.15, 0.2) is 41.8 Å². The molecule has 1 aliphatic rings. The molecule has 1 unspecified atom stereocenters. The van der Waals surface area contributed by atoms with Crippen LogP contribution in [-0.2, 0) is 11.3 Å². The van der Waals surface area contributed by atoms with Gasteiger partial charge in [-0.1, -0.05) is 0 Å². The van der Waals surface area contributed by atoms with Crippen LogP contribution in [0.1, 0.15) is 12.5 Å². The van der Waals surface area contributed by atoms with Crippen molar-refractivity contribution in [2.75, 3.05) is 19.7 Å². The van der Waals surface area contributed by atoms with Crippen molar-refractivity contribution < 1.29 is 4.74 Å². The number of hydrogen-bond donors (Lipinski definition) is 1. The molecule has 3 heterocycles. The highest BCUT2D eigenvalue weighted by atomic mass is 16.5. The zero-order valence-corrected chi connectivity index (χ0v) is 12.6. The molecule has 0 amide bonds. The molecule has 0 bridgehead atoms. The molecule has 1 saturated heterocycles. The zero-order chi connectivity index (χ0) is 15.4. The number of morpholine rings is 1. The first-order valence-corrected chi connectivity index (χ1v) is 7.34. The Bertz CT molecular complexity index is 639. The van der Waals surface area contributed by atoms with Gasteiger partial charge in [0.05, 0.1) is 19.3 Å². The van der Waals surface area contributed by atoms with Gasteiger partial charge in [0.15, 0.2) is 11.8 Å². The molecule has 116 valence electrons. The highest BCUT2D eigenvalue weighted by Crippen LogP contribution is 2.08. The molecule has 1 fully saturated rings. The van der Waals surface area contributed by atoms with E-state index in [-0.39, 0.29) is 6.10 Å². The van der Waals surface area contributed by atoms with Gasteiger partial charge in [-0.2, -0.15) is 5.10 Å². The van der Waals surface area contributed by atoms with Crippen LogP contribution in [0, 0.1) is 0 Å². The number of aliphatic imine (C=N–C) groups is 1. The normalized spacial score (nSPS) is 19.4. The van der Waals surface area contributed by atoms with Crippen molar-refractivity contribution in [3.8, 4) is 5.82 Å². The van der Waals surface area contributed by atoms with E-state index in [2.05, 4.69) is 20.0 Å². The number of ether oxygens (including phenoxy) is 1. The van der Waals surface area contributed by atoms with E-state index in [0.717, 1.165) is 24.5 Å². The second-order valence-electron chi connectivity index (χ2n) is 5.27. The Labute approximate surface area is 129 Å². The monoisotopic (exact) mass is 300 g/mol. The quantitative estimate of drug-likeness (QED) is 0.670. The Hall–Kier alpha value is -2.41. The van der Waals surface area contributed by atoms with Gasteiger partial charge in [-0.15, -0.1) is 0 Å². The number of guanidine groups is 1. The average Bonchev–Trinajstić information content (AvgIpc) is 3.07. The summed E-state index contributed by atoms with van der Waals surface area (Å²) in [5, 5.41) is 4.18. The summed E-state index contributed by atoms with van der Waals surface area (Å²) >= 11 is 0. The maximum absolute atomic E-state index is 6.08. The maximum Gasteiger partial charge on any atom is 0.191 e. The predicted molar refractivity (Wildman–Crippen MR) is 83.7 cm³/mol. The minimum Gasteiger partial charge on any atom is -0.375 e. The fraction of sp³-hybridized carbons (Fsp3) is 0.400. The van der Waals surface area contributed by atoms with Crippen LogP contribution in [0.25, 0.3) is 5.82 Å². The van der Waals surface area contributed by atoms with Gasteiger partial charge in [-0.3, -0.25) is 0 Å². The molecular weight excluding hydrogens is 280 g/mol. The number of rotatable bonds is 3. The molecule has 0 aliphatic carbocycles. The second-order valence-corrected chi connectivity index (χ2v) is 5.27. The van der Waals surface area contributed by atoms with Crippen LogP contribution in [0.4, 0.5) is 0 Å². The van der Waals surface area contributed by atoms with Crippen LogP contribution < -0.4 is 5.73 Å². The minimum absolute atomic E-state index is 0.190. The molecule has 2 aromatic heterocycles. The number of nitrogens with two attached hydrogens (primary N) is 1. The maximum atomic E-state index is 6.08. The third-order valence-corrected chi connectivity index (χ3v) is 3.54. The Balaban J connectivity index is 1.68. The Morgan fingerprint density at radius 3 is 3.18 bits per heavy atom. The summed E-state index contributed by atoms with van der Waals surface area (Å²) in [6.45, 7) is 4.82. The first-order chi connectivity index (χ1) is 10.7. The Morgan fingerprint density at radius 2 is 2.41 bits per heavy atom. The molecule has 1 aliphatic heterocycles. The van der Waals surface area contributed by atoms with Crippen molar-refractivity contribution in [3.63, 3.8) is 0 Å². The summed E-state index contributed by atoms with van der Waals surface area (Å²) in [5.41, 5.74) is 7.12. The smallest absolute Gasteiger partial charge is 0.191 e. The van der Waals surface area contributed by atoms with Gasteiger partial charge in [0.25, 0.3) is 0 Å². The molecule has 2 aromatic rings. The van der Waals surface area contributed by atoms with Crippen molar-refractivity contribution in [1.29, 1.82) is 0 Å².